The van der Waals surface area contributed by atoms with Gasteiger partial charge in [0, 0.05) is 30.9 Å². The van der Waals surface area contributed by atoms with Gasteiger partial charge in [-0.15, -0.1) is 0 Å². The Balaban J connectivity index is 1.53. The maximum atomic E-state index is 12.0. The summed E-state index contributed by atoms with van der Waals surface area (Å²) in [6.07, 6.45) is 1.80. The van der Waals surface area contributed by atoms with Crippen LogP contribution in [-0.2, 0) is 0 Å². The average Bonchev–Trinajstić information content (AvgIpc) is 3.08. The molecule has 0 aliphatic carbocycles. The lowest BCUT2D eigenvalue weighted by Crippen LogP contribution is -2.44. The predicted octanol–water partition coefficient (Wildman–Crippen LogP) is 2.47. The van der Waals surface area contributed by atoms with E-state index in [1.807, 2.05) is 13.0 Å². The number of piperidine rings is 1. The summed E-state index contributed by atoms with van der Waals surface area (Å²) in [6, 6.07) is 5.61. The number of hydrogen-bond donors (Lipinski definition) is 2. The third-order valence-electron chi connectivity index (χ3n) is 3.64. The van der Waals surface area contributed by atoms with Crippen LogP contribution in [0.15, 0.2) is 27.3 Å². The fourth-order valence-electron chi connectivity index (χ4n) is 2.51. The molecule has 1 fully saturated rings. The first-order valence-corrected chi connectivity index (χ1v) is 7.74. The third kappa shape index (κ3) is 3.29. The minimum absolute atomic E-state index is 0.158. The molecular weight excluding hydrogens is 336 g/mol. The molecule has 7 heteroatoms. The van der Waals surface area contributed by atoms with E-state index in [-0.39, 0.29) is 11.9 Å². The van der Waals surface area contributed by atoms with Crippen LogP contribution in [0.3, 0.4) is 0 Å². The Labute approximate surface area is 131 Å². The summed E-state index contributed by atoms with van der Waals surface area (Å²) >= 11 is 3.20. The van der Waals surface area contributed by atoms with E-state index in [1.54, 1.807) is 12.1 Å². The molecule has 2 N–H and O–H groups in total. The van der Waals surface area contributed by atoms with Crippen molar-refractivity contribution in [3.05, 3.63) is 34.3 Å². The van der Waals surface area contributed by atoms with Crippen molar-refractivity contribution in [3.8, 4) is 0 Å². The van der Waals surface area contributed by atoms with Crippen LogP contribution < -0.4 is 10.2 Å². The Morgan fingerprint density at radius 3 is 2.81 bits per heavy atom. The molecular formula is C14H17BrN4O2. The molecule has 1 aliphatic heterocycles. The maximum Gasteiger partial charge on any atom is 0.287 e. The first-order chi connectivity index (χ1) is 10.1. The molecule has 0 spiro atoms. The van der Waals surface area contributed by atoms with Crippen LogP contribution in [0, 0.1) is 6.92 Å². The number of amides is 1. The van der Waals surface area contributed by atoms with Crippen molar-refractivity contribution in [1.82, 2.24) is 15.5 Å². The van der Waals surface area contributed by atoms with Crippen LogP contribution >= 0.6 is 15.9 Å². The molecule has 1 amide bonds. The lowest BCUT2D eigenvalue weighted by Gasteiger charge is -2.32. The SMILES string of the molecule is Cc1cc(N2CCC(NC(=O)c3ccc(Br)o3)CC2)n[nH]1. The highest BCUT2D eigenvalue weighted by Gasteiger charge is 2.23. The Bertz CT molecular complexity index is 628. The molecule has 21 heavy (non-hydrogen) atoms. The van der Waals surface area contributed by atoms with E-state index in [0.29, 0.717) is 10.4 Å². The van der Waals surface area contributed by atoms with Gasteiger partial charge in [0.25, 0.3) is 5.91 Å². The molecule has 0 atom stereocenters. The van der Waals surface area contributed by atoms with Gasteiger partial charge in [0.15, 0.2) is 16.2 Å². The van der Waals surface area contributed by atoms with E-state index in [9.17, 15) is 4.79 Å². The number of hydrogen-bond acceptors (Lipinski definition) is 4. The van der Waals surface area contributed by atoms with E-state index in [1.165, 1.54) is 0 Å². The van der Waals surface area contributed by atoms with Gasteiger partial charge in [-0.2, -0.15) is 5.10 Å². The Morgan fingerprint density at radius 2 is 2.24 bits per heavy atom. The summed E-state index contributed by atoms with van der Waals surface area (Å²) in [6.45, 7) is 3.76. The van der Waals surface area contributed by atoms with E-state index in [2.05, 4.69) is 36.3 Å². The second kappa shape index (κ2) is 5.93. The number of carbonyl (C=O) groups excluding carboxylic acids is 1. The van der Waals surface area contributed by atoms with Crippen molar-refractivity contribution in [1.29, 1.82) is 0 Å². The average molecular weight is 353 g/mol. The second-order valence-corrected chi connectivity index (χ2v) is 6.03. The minimum Gasteiger partial charge on any atom is -0.444 e. The van der Waals surface area contributed by atoms with Crippen LogP contribution in [-0.4, -0.2) is 35.2 Å². The summed E-state index contributed by atoms with van der Waals surface area (Å²) in [5.74, 6) is 1.16. The van der Waals surface area contributed by atoms with Gasteiger partial charge < -0.3 is 14.6 Å². The Kier molecular flexibility index (Phi) is 4.01. The van der Waals surface area contributed by atoms with Gasteiger partial charge in [0.2, 0.25) is 0 Å². The molecule has 2 aromatic rings. The largest absolute Gasteiger partial charge is 0.444 e. The topological polar surface area (TPSA) is 74.2 Å². The van der Waals surface area contributed by atoms with Gasteiger partial charge in [-0.25, -0.2) is 0 Å². The zero-order valence-corrected chi connectivity index (χ0v) is 13.3. The predicted molar refractivity (Wildman–Crippen MR) is 82.4 cm³/mol. The quantitative estimate of drug-likeness (QED) is 0.889. The fourth-order valence-corrected chi connectivity index (χ4v) is 2.82. The number of furan rings is 1. The maximum absolute atomic E-state index is 12.0. The van der Waals surface area contributed by atoms with Crippen molar-refractivity contribution in [3.63, 3.8) is 0 Å². The smallest absolute Gasteiger partial charge is 0.287 e. The molecule has 6 nitrogen and oxygen atoms in total. The van der Waals surface area contributed by atoms with Crippen LogP contribution in [0.1, 0.15) is 29.1 Å². The molecule has 0 bridgehead atoms. The van der Waals surface area contributed by atoms with Gasteiger partial charge >= 0.3 is 0 Å². The monoisotopic (exact) mass is 352 g/mol. The highest BCUT2D eigenvalue weighted by atomic mass is 79.9. The summed E-state index contributed by atoms with van der Waals surface area (Å²) in [5, 5.41) is 10.2. The van der Waals surface area contributed by atoms with Crippen LogP contribution in [0.4, 0.5) is 5.82 Å². The zero-order valence-electron chi connectivity index (χ0n) is 11.7. The number of halogens is 1. The number of rotatable bonds is 3. The molecule has 0 unspecified atom stereocenters. The molecule has 0 radical (unpaired) electrons. The number of aryl methyl sites for hydroxylation is 1. The minimum atomic E-state index is -0.158. The van der Waals surface area contributed by atoms with Crippen molar-refractivity contribution in [2.45, 2.75) is 25.8 Å². The Hall–Kier alpha value is -1.76. The summed E-state index contributed by atoms with van der Waals surface area (Å²) < 4.78 is 5.83. The fraction of sp³-hybridized carbons (Fsp3) is 0.429. The van der Waals surface area contributed by atoms with E-state index in [4.69, 9.17) is 4.42 Å². The van der Waals surface area contributed by atoms with Crippen LogP contribution in [0.2, 0.25) is 0 Å². The van der Waals surface area contributed by atoms with E-state index >= 15 is 0 Å². The van der Waals surface area contributed by atoms with Crippen molar-refractivity contribution >= 4 is 27.7 Å². The summed E-state index contributed by atoms with van der Waals surface area (Å²) in [4.78, 5) is 14.3. The van der Waals surface area contributed by atoms with Gasteiger partial charge in [-0.1, -0.05) is 0 Å². The molecule has 1 aliphatic rings. The standard InChI is InChI=1S/C14H17BrN4O2/c1-9-8-13(18-17-9)19-6-4-10(5-7-19)16-14(20)11-2-3-12(15)21-11/h2-3,8,10H,4-7H2,1H3,(H,16,20)(H,17,18). The Morgan fingerprint density at radius 1 is 1.48 bits per heavy atom. The van der Waals surface area contributed by atoms with Gasteiger partial charge in [0.1, 0.15) is 0 Å². The van der Waals surface area contributed by atoms with Crippen molar-refractivity contribution < 1.29 is 9.21 Å². The van der Waals surface area contributed by atoms with Crippen molar-refractivity contribution in [2.75, 3.05) is 18.0 Å². The second-order valence-electron chi connectivity index (χ2n) is 5.25. The zero-order chi connectivity index (χ0) is 14.8. The molecule has 3 rings (SSSR count). The van der Waals surface area contributed by atoms with Gasteiger partial charge in [-0.3, -0.25) is 9.89 Å². The molecule has 2 aromatic heterocycles. The van der Waals surface area contributed by atoms with Crippen LogP contribution in [0.25, 0.3) is 0 Å². The van der Waals surface area contributed by atoms with Gasteiger partial charge in [0.05, 0.1) is 0 Å². The molecule has 0 saturated carbocycles. The van der Waals surface area contributed by atoms with Crippen molar-refractivity contribution in [2.24, 2.45) is 0 Å². The molecule has 0 aromatic carbocycles. The highest BCUT2D eigenvalue weighted by molar-refractivity contribution is 9.10. The lowest BCUT2D eigenvalue weighted by atomic mass is 10.0. The number of carbonyl (C=O) groups is 1. The molecule has 112 valence electrons. The van der Waals surface area contributed by atoms with Crippen LogP contribution in [0.5, 0.6) is 0 Å². The first-order valence-electron chi connectivity index (χ1n) is 6.95. The lowest BCUT2D eigenvalue weighted by molar-refractivity contribution is 0.0901. The molecule has 1 saturated heterocycles. The number of aromatic amines is 1. The number of nitrogens with one attached hydrogen (secondary N) is 2. The van der Waals surface area contributed by atoms with E-state index in [0.717, 1.165) is 37.4 Å². The normalized spacial score (nSPS) is 16.2. The first kappa shape index (κ1) is 14.2. The van der Waals surface area contributed by atoms with E-state index < -0.39 is 0 Å². The summed E-state index contributed by atoms with van der Waals surface area (Å²) in [7, 11) is 0. The number of anilines is 1. The number of H-pyrrole nitrogens is 1. The number of aromatic nitrogens is 2. The molecule has 3 heterocycles. The third-order valence-corrected chi connectivity index (χ3v) is 4.07. The summed E-state index contributed by atoms with van der Waals surface area (Å²) in [5.41, 5.74) is 1.06. The number of nitrogens with zero attached hydrogens (tertiary/aromatic N) is 2. The highest BCUT2D eigenvalue weighted by Crippen LogP contribution is 2.19. The van der Waals surface area contributed by atoms with Gasteiger partial charge in [-0.05, 0) is 47.8 Å².